The lowest BCUT2D eigenvalue weighted by molar-refractivity contribution is 0.0733. The molecule has 21 heavy (non-hydrogen) atoms. The molecular formula is C17H17NO3. The summed E-state index contributed by atoms with van der Waals surface area (Å²) in [7, 11) is 1.60. The summed E-state index contributed by atoms with van der Waals surface area (Å²) in [6.07, 6.45) is 0. The number of para-hydroxylation sites is 1. The Balaban J connectivity index is 1.84. The van der Waals surface area contributed by atoms with Gasteiger partial charge in [0.05, 0.1) is 13.7 Å². The molecule has 1 amide bonds. The maximum absolute atomic E-state index is 12.6. The van der Waals surface area contributed by atoms with Crippen molar-refractivity contribution in [3.8, 4) is 11.5 Å². The normalized spacial score (nSPS) is 13.9. The second-order valence-corrected chi connectivity index (χ2v) is 4.91. The average molecular weight is 283 g/mol. The Hall–Kier alpha value is -2.49. The lowest BCUT2D eigenvalue weighted by atomic mass is 10.1. The monoisotopic (exact) mass is 283 g/mol. The van der Waals surface area contributed by atoms with E-state index in [0.29, 0.717) is 31.0 Å². The van der Waals surface area contributed by atoms with E-state index in [-0.39, 0.29) is 5.91 Å². The van der Waals surface area contributed by atoms with Gasteiger partial charge in [0.25, 0.3) is 5.91 Å². The van der Waals surface area contributed by atoms with Crippen molar-refractivity contribution in [1.82, 2.24) is 4.90 Å². The van der Waals surface area contributed by atoms with Crippen molar-refractivity contribution in [3.05, 3.63) is 59.7 Å². The SMILES string of the molecule is COc1cccc(C(=O)N2CCOc3ccccc3C2)c1. The first-order valence-corrected chi connectivity index (χ1v) is 6.92. The minimum atomic E-state index is -0.00537. The van der Waals surface area contributed by atoms with Crippen molar-refractivity contribution < 1.29 is 14.3 Å². The minimum absolute atomic E-state index is 0.00537. The molecule has 0 saturated carbocycles. The zero-order chi connectivity index (χ0) is 14.7. The van der Waals surface area contributed by atoms with E-state index in [9.17, 15) is 4.79 Å². The number of ether oxygens (including phenoxy) is 2. The molecule has 0 aromatic heterocycles. The molecule has 0 atom stereocenters. The van der Waals surface area contributed by atoms with Gasteiger partial charge in [-0.15, -0.1) is 0 Å². The number of carbonyl (C=O) groups is 1. The molecule has 1 aliphatic heterocycles. The summed E-state index contributed by atoms with van der Waals surface area (Å²) >= 11 is 0. The molecule has 0 aliphatic carbocycles. The first-order valence-electron chi connectivity index (χ1n) is 6.92. The van der Waals surface area contributed by atoms with Crippen LogP contribution in [0.15, 0.2) is 48.5 Å². The molecule has 0 fully saturated rings. The van der Waals surface area contributed by atoms with Crippen LogP contribution in [0.3, 0.4) is 0 Å². The summed E-state index contributed by atoms with van der Waals surface area (Å²) in [6, 6.07) is 15.1. The molecule has 0 unspecified atom stereocenters. The maximum Gasteiger partial charge on any atom is 0.254 e. The largest absolute Gasteiger partial charge is 0.497 e. The molecule has 0 radical (unpaired) electrons. The smallest absolute Gasteiger partial charge is 0.254 e. The van der Waals surface area contributed by atoms with E-state index in [2.05, 4.69) is 0 Å². The molecule has 0 bridgehead atoms. The molecule has 2 aromatic rings. The molecule has 0 spiro atoms. The van der Waals surface area contributed by atoms with Crippen LogP contribution in [0.1, 0.15) is 15.9 Å². The Morgan fingerprint density at radius 3 is 2.90 bits per heavy atom. The second kappa shape index (κ2) is 5.87. The van der Waals surface area contributed by atoms with Crippen molar-refractivity contribution >= 4 is 5.91 Å². The van der Waals surface area contributed by atoms with Gasteiger partial charge in [-0.2, -0.15) is 0 Å². The van der Waals surface area contributed by atoms with Crippen molar-refractivity contribution in [2.75, 3.05) is 20.3 Å². The van der Waals surface area contributed by atoms with Crippen molar-refractivity contribution in [1.29, 1.82) is 0 Å². The third-order valence-corrected chi connectivity index (χ3v) is 3.56. The number of amides is 1. The zero-order valence-electron chi connectivity index (χ0n) is 11.9. The standard InChI is InChI=1S/C17H17NO3/c1-20-15-7-4-6-13(11-15)17(19)18-9-10-21-16-8-3-2-5-14(16)12-18/h2-8,11H,9-10,12H2,1H3. The van der Waals surface area contributed by atoms with E-state index in [1.165, 1.54) is 0 Å². The number of hydrogen-bond donors (Lipinski definition) is 0. The summed E-state index contributed by atoms with van der Waals surface area (Å²) in [6.45, 7) is 1.64. The maximum atomic E-state index is 12.6. The fourth-order valence-electron chi connectivity index (χ4n) is 2.44. The van der Waals surface area contributed by atoms with Crippen LogP contribution in [0.2, 0.25) is 0 Å². The zero-order valence-corrected chi connectivity index (χ0v) is 11.9. The summed E-state index contributed by atoms with van der Waals surface area (Å²) in [5.74, 6) is 1.54. The molecule has 1 aliphatic rings. The summed E-state index contributed by atoms with van der Waals surface area (Å²) in [5, 5.41) is 0. The first kappa shape index (κ1) is 13.5. The summed E-state index contributed by atoms with van der Waals surface area (Å²) < 4.78 is 10.9. The highest BCUT2D eigenvalue weighted by Gasteiger charge is 2.20. The summed E-state index contributed by atoms with van der Waals surface area (Å²) in [5.41, 5.74) is 1.67. The van der Waals surface area contributed by atoms with Crippen LogP contribution < -0.4 is 9.47 Å². The van der Waals surface area contributed by atoms with Gasteiger partial charge in [0, 0.05) is 17.7 Å². The topological polar surface area (TPSA) is 38.8 Å². The molecular weight excluding hydrogens is 266 g/mol. The van der Waals surface area contributed by atoms with E-state index in [1.807, 2.05) is 42.5 Å². The number of hydrogen-bond acceptors (Lipinski definition) is 3. The number of rotatable bonds is 2. The fourth-order valence-corrected chi connectivity index (χ4v) is 2.44. The average Bonchev–Trinajstić information content (AvgIpc) is 2.76. The Labute approximate surface area is 123 Å². The first-order chi connectivity index (χ1) is 10.3. The van der Waals surface area contributed by atoms with Gasteiger partial charge in [-0.05, 0) is 24.3 Å². The van der Waals surface area contributed by atoms with Crippen LogP contribution >= 0.6 is 0 Å². The van der Waals surface area contributed by atoms with Crippen molar-refractivity contribution in [3.63, 3.8) is 0 Å². The fraction of sp³-hybridized carbons (Fsp3) is 0.235. The number of methoxy groups -OCH3 is 1. The van der Waals surface area contributed by atoms with Gasteiger partial charge >= 0.3 is 0 Å². The Morgan fingerprint density at radius 1 is 1.19 bits per heavy atom. The molecule has 0 N–H and O–H groups in total. The Bertz CT molecular complexity index is 654. The predicted molar refractivity (Wildman–Crippen MR) is 79.7 cm³/mol. The van der Waals surface area contributed by atoms with E-state index in [0.717, 1.165) is 11.3 Å². The quantitative estimate of drug-likeness (QED) is 0.850. The number of benzene rings is 2. The van der Waals surface area contributed by atoms with Gasteiger partial charge in [-0.1, -0.05) is 24.3 Å². The number of fused-ring (bicyclic) bond motifs is 1. The summed E-state index contributed by atoms with van der Waals surface area (Å²) in [4.78, 5) is 14.5. The molecule has 2 aromatic carbocycles. The highest BCUT2D eigenvalue weighted by molar-refractivity contribution is 5.94. The van der Waals surface area contributed by atoms with E-state index >= 15 is 0 Å². The predicted octanol–water partition coefficient (Wildman–Crippen LogP) is 2.73. The van der Waals surface area contributed by atoms with Gasteiger partial charge in [0.1, 0.15) is 18.1 Å². The van der Waals surface area contributed by atoms with Crippen LogP contribution in [-0.2, 0) is 6.54 Å². The van der Waals surface area contributed by atoms with E-state index < -0.39 is 0 Å². The van der Waals surface area contributed by atoms with Gasteiger partial charge in [0.2, 0.25) is 0 Å². The lowest BCUT2D eigenvalue weighted by Gasteiger charge is -2.20. The van der Waals surface area contributed by atoms with Crippen molar-refractivity contribution in [2.45, 2.75) is 6.54 Å². The van der Waals surface area contributed by atoms with Gasteiger partial charge in [0.15, 0.2) is 0 Å². The highest BCUT2D eigenvalue weighted by Crippen LogP contribution is 2.24. The van der Waals surface area contributed by atoms with E-state index in [1.54, 1.807) is 18.1 Å². The molecule has 3 rings (SSSR count). The molecule has 1 heterocycles. The Morgan fingerprint density at radius 2 is 2.05 bits per heavy atom. The highest BCUT2D eigenvalue weighted by atomic mass is 16.5. The number of nitrogens with zero attached hydrogens (tertiary/aromatic N) is 1. The van der Waals surface area contributed by atoms with E-state index in [4.69, 9.17) is 9.47 Å². The van der Waals surface area contributed by atoms with Crippen LogP contribution in [0, 0.1) is 0 Å². The van der Waals surface area contributed by atoms with Gasteiger partial charge in [-0.3, -0.25) is 4.79 Å². The lowest BCUT2D eigenvalue weighted by Crippen LogP contribution is -2.32. The Kier molecular flexibility index (Phi) is 3.77. The second-order valence-electron chi connectivity index (χ2n) is 4.91. The van der Waals surface area contributed by atoms with Gasteiger partial charge in [-0.25, -0.2) is 0 Å². The number of carbonyl (C=O) groups excluding carboxylic acids is 1. The van der Waals surface area contributed by atoms with Gasteiger partial charge < -0.3 is 14.4 Å². The molecule has 0 saturated heterocycles. The third kappa shape index (κ3) is 2.84. The minimum Gasteiger partial charge on any atom is -0.497 e. The van der Waals surface area contributed by atoms with Crippen molar-refractivity contribution in [2.24, 2.45) is 0 Å². The van der Waals surface area contributed by atoms with Crippen LogP contribution in [0.25, 0.3) is 0 Å². The third-order valence-electron chi connectivity index (χ3n) is 3.56. The molecule has 108 valence electrons. The van der Waals surface area contributed by atoms with Crippen LogP contribution in [-0.4, -0.2) is 31.1 Å². The van der Waals surface area contributed by atoms with Crippen LogP contribution in [0.4, 0.5) is 0 Å². The van der Waals surface area contributed by atoms with Crippen LogP contribution in [0.5, 0.6) is 11.5 Å². The molecule has 4 heteroatoms. The molecule has 4 nitrogen and oxygen atoms in total.